The molecule has 126 valence electrons. The Morgan fingerprint density at radius 2 is 2.17 bits per heavy atom. The molecular formula is C16H22FN3O3. The van der Waals surface area contributed by atoms with Crippen molar-refractivity contribution in [3.05, 3.63) is 33.6 Å². The van der Waals surface area contributed by atoms with Gasteiger partial charge in [-0.05, 0) is 31.2 Å². The summed E-state index contributed by atoms with van der Waals surface area (Å²) < 4.78 is 13.6. The monoisotopic (exact) mass is 323 g/mol. The SMILES string of the molecule is CCC[C@H]1CCCN(C(=O)c2cc(F)cc([N+](=O)[O-])c2N)CC1. The second-order valence-corrected chi connectivity index (χ2v) is 6.02. The van der Waals surface area contributed by atoms with E-state index in [4.69, 9.17) is 5.73 Å². The van der Waals surface area contributed by atoms with Crippen molar-refractivity contribution in [2.45, 2.75) is 39.0 Å². The first kappa shape index (κ1) is 17.2. The molecule has 1 fully saturated rings. The van der Waals surface area contributed by atoms with Crippen LogP contribution >= 0.6 is 0 Å². The normalized spacial score (nSPS) is 18.5. The maximum Gasteiger partial charge on any atom is 0.295 e. The van der Waals surface area contributed by atoms with Gasteiger partial charge in [-0.15, -0.1) is 0 Å². The predicted octanol–water partition coefficient (Wildman–Crippen LogP) is 3.36. The molecule has 2 N–H and O–H groups in total. The van der Waals surface area contributed by atoms with E-state index in [9.17, 15) is 19.3 Å². The van der Waals surface area contributed by atoms with Crippen LogP contribution in [0.1, 0.15) is 49.4 Å². The number of nitro benzene ring substituents is 1. The summed E-state index contributed by atoms with van der Waals surface area (Å²) in [5.41, 5.74) is 4.77. The van der Waals surface area contributed by atoms with Gasteiger partial charge in [0, 0.05) is 13.1 Å². The first-order valence-corrected chi connectivity index (χ1v) is 7.96. The number of rotatable bonds is 4. The van der Waals surface area contributed by atoms with Crippen molar-refractivity contribution in [1.82, 2.24) is 4.90 Å². The van der Waals surface area contributed by atoms with Gasteiger partial charge in [0.2, 0.25) is 0 Å². The average Bonchev–Trinajstić information content (AvgIpc) is 2.74. The third kappa shape index (κ3) is 3.97. The summed E-state index contributed by atoms with van der Waals surface area (Å²) in [5.74, 6) is -0.660. The number of hydrogen-bond donors (Lipinski definition) is 1. The van der Waals surface area contributed by atoms with E-state index in [1.165, 1.54) is 0 Å². The first-order valence-electron chi connectivity index (χ1n) is 7.96. The van der Waals surface area contributed by atoms with Crippen molar-refractivity contribution in [3.63, 3.8) is 0 Å². The number of anilines is 1. The molecule has 1 saturated heterocycles. The van der Waals surface area contributed by atoms with Gasteiger partial charge in [0.05, 0.1) is 16.6 Å². The number of nitrogens with zero attached hydrogens (tertiary/aromatic N) is 2. The number of amides is 1. The maximum absolute atomic E-state index is 13.6. The van der Waals surface area contributed by atoms with E-state index in [0.29, 0.717) is 19.0 Å². The molecule has 1 aromatic rings. The van der Waals surface area contributed by atoms with Crippen LogP contribution in [0.15, 0.2) is 12.1 Å². The predicted molar refractivity (Wildman–Crippen MR) is 85.6 cm³/mol. The highest BCUT2D eigenvalue weighted by Crippen LogP contribution is 2.29. The molecule has 0 saturated carbocycles. The lowest BCUT2D eigenvalue weighted by Crippen LogP contribution is -2.32. The molecule has 1 aromatic carbocycles. The van der Waals surface area contributed by atoms with Crippen molar-refractivity contribution in [2.75, 3.05) is 18.8 Å². The van der Waals surface area contributed by atoms with Gasteiger partial charge >= 0.3 is 0 Å². The van der Waals surface area contributed by atoms with Gasteiger partial charge in [0.25, 0.3) is 11.6 Å². The molecule has 1 atom stereocenters. The number of nitro groups is 1. The lowest BCUT2D eigenvalue weighted by Gasteiger charge is -2.21. The number of carbonyl (C=O) groups is 1. The summed E-state index contributed by atoms with van der Waals surface area (Å²) in [5, 5.41) is 10.9. The molecule has 0 spiro atoms. The van der Waals surface area contributed by atoms with Crippen molar-refractivity contribution in [3.8, 4) is 0 Å². The number of benzene rings is 1. The molecule has 1 aliphatic rings. The summed E-state index contributed by atoms with van der Waals surface area (Å²) in [6.07, 6.45) is 5.10. The molecule has 1 heterocycles. The molecule has 0 unspecified atom stereocenters. The molecule has 7 heteroatoms. The van der Waals surface area contributed by atoms with Gasteiger partial charge in [-0.2, -0.15) is 0 Å². The van der Waals surface area contributed by atoms with Crippen molar-refractivity contribution in [2.24, 2.45) is 5.92 Å². The fourth-order valence-electron chi connectivity index (χ4n) is 3.17. The Morgan fingerprint density at radius 1 is 1.43 bits per heavy atom. The van der Waals surface area contributed by atoms with Crippen LogP contribution in [0.3, 0.4) is 0 Å². The van der Waals surface area contributed by atoms with Crippen LogP contribution in [-0.4, -0.2) is 28.8 Å². The molecular weight excluding hydrogens is 301 g/mol. The van der Waals surface area contributed by atoms with Gasteiger partial charge in [-0.3, -0.25) is 14.9 Å². The molecule has 0 radical (unpaired) electrons. The summed E-state index contributed by atoms with van der Waals surface area (Å²) in [7, 11) is 0. The average molecular weight is 323 g/mol. The number of hydrogen-bond acceptors (Lipinski definition) is 4. The van der Waals surface area contributed by atoms with Crippen LogP contribution in [0.4, 0.5) is 15.8 Å². The lowest BCUT2D eigenvalue weighted by atomic mass is 9.96. The highest BCUT2D eigenvalue weighted by atomic mass is 19.1. The zero-order valence-corrected chi connectivity index (χ0v) is 13.3. The van der Waals surface area contributed by atoms with Crippen molar-refractivity contribution >= 4 is 17.3 Å². The van der Waals surface area contributed by atoms with E-state index in [-0.39, 0.29) is 11.3 Å². The van der Waals surface area contributed by atoms with E-state index >= 15 is 0 Å². The lowest BCUT2D eigenvalue weighted by molar-refractivity contribution is -0.384. The zero-order valence-electron chi connectivity index (χ0n) is 13.3. The first-order chi connectivity index (χ1) is 10.9. The molecule has 23 heavy (non-hydrogen) atoms. The second-order valence-electron chi connectivity index (χ2n) is 6.02. The summed E-state index contributed by atoms with van der Waals surface area (Å²) in [6.45, 7) is 3.29. The summed E-state index contributed by atoms with van der Waals surface area (Å²) in [4.78, 5) is 24.4. The Hall–Kier alpha value is -2.18. The van der Waals surface area contributed by atoms with Gasteiger partial charge < -0.3 is 10.6 Å². The van der Waals surface area contributed by atoms with Gasteiger partial charge in [0.15, 0.2) is 0 Å². The van der Waals surface area contributed by atoms with E-state index in [1.807, 2.05) is 0 Å². The zero-order chi connectivity index (χ0) is 17.0. The molecule has 0 aliphatic carbocycles. The smallest absolute Gasteiger partial charge is 0.295 e. The third-order valence-electron chi connectivity index (χ3n) is 4.38. The van der Waals surface area contributed by atoms with Crippen LogP contribution in [0, 0.1) is 21.8 Å². The Balaban J connectivity index is 2.22. The van der Waals surface area contributed by atoms with Crippen LogP contribution in [0.25, 0.3) is 0 Å². The largest absolute Gasteiger partial charge is 0.393 e. The minimum absolute atomic E-state index is 0.120. The minimum atomic E-state index is -0.826. The van der Waals surface area contributed by atoms with Gasteiger partial charge in [-0.25, -0.2) is 4.39 Å². The van der Waals surface area contributed by atoms with Crippen LogP contribution in [0.5, 0.6) is 0 Å². The standard InChI is InChI=1S/C16H22FN3O3/c1-2-4-11-5-3-7-19(8-6-11)16(21)13-9-12(17)10-14(15(13)18)20(22)23/h9-11H,2-8,18H2,1H3/t11-/m0/s1. The van der Waals surface area contributed by atoms with E-state index < -0.39 is 22.3 Å². The van der Waals surface area contributed by atoms with Crippen molar-refractivity contribution < 1.29 is 14.1 Å². The third-order valence-corrected chi connectivity index (χ3v) is 4.38. The Bertz CT molecular complexity index is 606. The molecule has 0 bridgehead atoms. The van der Waals surface area contributed by atoms with Crippen LogP contribution in [0.2, 0.25) is 0 Å². The quantitative estimate of drug-likeness (QED) is 0.522. The van der Waals surface area contributed by atoms with Gasteiger partial charge in [-0.1, -0.05) is 19.8 Å². The number of nitrogen functional groups attached to an aromatic ring is 1. The minimum Gasteiger partial charge on any atom is -0.393 e. The number of halogens is 1. The summed E-state index contributed by atoms with van der Waals surface area (Å²) in [6, 6.07) is 1.73. The molecule has 2 rings (SSSR count). The Labute approximate surface area is 134 Å². The van der Waals surface area contributed by atoms with Gasteiger partial charge in [0.1, 0.15) is 11.5 Å². The molecule has 6 nitrogen and oxygen atoms in total. The molecule has 1 amide bonds. The fourth-order valence-corrected chi connectivity index (χ4v) is 3.17. The van der Waals surface area contributed by atoms with E-state index in [2.05, 4.69) is 6.92 Å². The number of likely N-dealkylation sites (tertiary alicyclic amines) is 1. The van der Waals surface area contributed by atoms with Crippen LogP contribution < -0.4 is 5.73 Å². The molecule has 0 aromatic heterocycles. The topological polar surface area (TPSA) is 89.5 Å². The number of nitrogens with two attached hydrogens (primary N) is 1. The second kappa shape index (κ2) is 7.39. The van der Waals surface area contributed by atoms with E-state index in [1.54, 1.807) is 4.90 Å². The number of carbonyl (C=O) groups excluding carboxylic acids is 1. The fraction of sp³-hybridized carbons (Fsp3) is 0.562. The highest BCUT2D eigenvalue weighted by molar-refractivity contribution is 6.01. The molecule has 1 aliphatic heterocycles. The maximum atomic E-state index is 13.6. The highest BCUT2D eigenvalue weighted by Gasteiger charge is 2.26. The summed E-state index contributed by atoms with van der Waals surface area (Å²) >= 11 is 0. The Morgan fingerprint density at radius 3 is 2.83 bits per heavy atom. The van der Waals surface area contributed by atoms with Crippen molar-refractivity contribution in [1.29, 1.82) is 0 Å². The Kier molecular flexibility index (Phi) is 5.52. The van der Waals surface area contributed by atoms with Crippen LogP contribution in [-0.2, 0) is 0 Å². The van der Waals surface area contributed by atoms with E-state index in [0.717, 1.165) is 44.2 Å².